The summed E-state index contributed by atoms with van der Waals surface area (Å²) in [6, 6.07) is -0.280. The van der Waals surface area contributed by atoms with Crippen molar-refractivity contribution in [3.05, 3.63) is 12.2 Å². The van der Waals surface area contributed by atoms with E-state index in [1.165, 1.54) is 4.90 Å². The van der Waals surface area contributed by atoms with Gasteiger partial charge in [-0.2, -0.15) is 0 Å². The molecule has 0 fully saturated rings. The van der Waals surface area contributed by atoms with Gasteiger partial charge in [0.2, 0.25) is 11.9 Å². The Morgan fingerprint density at radius 1 is 0.808 bits per heavy atom. The van der Waals surface area contributed by atoms with Crippen molar-refractivity contribution in [2.75, 3.05) is 32.7 Å². The summed E-state index contributed by atoms with van der Waals surface area (Å²) in [4.78, 5) is 63.6. The van der Waals surface area contributed by atoms with Gasteiger partial charge in [-0.05, 0) is 94.9 Å². The lowest BCUT2D eigenvalue weighted by Gasteiger charge is -2.28. The number of aliphatic imine (C=N–C) groups is 2. The maximum Gasteiger partial charge on any atom is 0.417 e. The lowest BCUT2D eigenvalue weighted by molar-refractivity contribution is 0.0371. The van der Waals surface area contributed by atoms with Gasteiger partial charge in [-0.1, -0.05) is 63.5 Å². The first-order chi connectivity index (χ1) is 24.3. The minimum Gasteiger partial charge on any atom is -0.444 e. The third-order valence-electron chi connectivity index (χ3n) is 7.34. The first-order valence-electron chi connectivity index (χ1n) is 19.1. The zero-order chi connectivity index (χ0) is 39.2. The second-order valence-corrected chi connectivity index (χ2v) is 16.0. The van der Waals surface area contributed by atoms with Crippen LogP contribution >= 0.6 is 0 Å². The summed E-state index contributed by atoms with van der Waals surface area (Å²) in [5, 5.41) is 8.08. The molecule has 0 unspecified atom stereocenters. The molecular weight excluding hydrogens is 666 g/mol. The van der Waals surface area contributed by atoms with Gasteiger partial charge in [-0.3, -0.25) is 25.9 Å². The molecule has 0 aromatic rings. The van der Waals surface area contributed by atoms with Crippen molar-refractivity contribution >= 4 is 36.2 Å². The maximum atomic E-state index is 13.3. The van der Waals surface area contributed by atoms with Crippen LogP contribution < -0.4 is 16.0 Å². The Labute approximate surface area is 312 Å². The van der Waals surface area contributed by atoms with Crippen molar-refractivity contribution in [3.63, 3.8) is 0 Å². The third kappa shape index (κ3) is 23.6. The van der Waals surface area contributed by atoms with Crippen molar-refractivity contribution in [3.8, 4) is 0 Å². The first kappa shape index (κ1) is 46.2. The highest BCUT2D eigenvalue weighted by Crippen LogP contribution is 2.14. The van der Waals surface area contributed by atoms with Crippen LogP contribution in [-0.2, 0) is 14.2 Å². The van der Waals surface area contributed by atoms with E-state index in [-0.39, 0.29) is 24.5 Å². The molecule has 0 atom stereocenters. The standard InChI is InChI=1S/C38H69N7O7/c1-11-12-29-45(35(49)52-38(8,9)10)31(43-34(48)51-37(5,6)7)40-26-22-18-14-16-20-24-28-44-27-23-19-15-13-17-21-25-39-30(41-32(44)46)42-33(47)50-36(2,3)4/h11-12H,13-29H2,1-10H3,(H,40,43,48)(H2,39,41,42,46,47)/b12-11+. The molecule has 1 rings (SSSR count). The summed E-state index contributed by atoms with van der Waals surface area (Å²) in [6.45, 7) is 20.1. The van der Waals surface area contributed by atoms with Gasteiger partial charge in [0.25, 0.3) is 0 Å². The van der Waals surface area contributed by atoms with E-state index in [1.807, 2.05) is 17.9 Å². The van der Waals surface area contributed by atoms with E-state index in [9.17, 15) is 19.2 Å². The number of urea groups is 1. The molecule has 5 amide bonds. The molecule has 52 heavy (non-hydrogen) atoms. The van der Waals surface area contributed by atoms with Gasteiger partial charge in [0.05, 0.1) is 6.54 Å². The SMILES string of the molecule is C/C=C/CN(C(=O)OC(C)(C)C)C(=NCCCCCCCCN1CCCCCCCCN=C(NC(=O)OC(C)(C)C)NC1=O)NC(=O)OC(C)(C)C. The highest BCUT2D eigenvalue weighted by atomic mass is 16.6. The fraction of sp³-hybridized carbons (Fsp3) is 0.789. The van der Waals surface area contributed by atoms with Crippen LogP contribution in [0.25, 0.3) is 0 Å². The van der Waals surface area contributed by atoms with E-state index in [1.54, 1.807) is 68.4 Å². The highest BCUT2D eigenvalue weighted by molar-refractivity contribution is 6.03. The number of carbonyl (C=O) groups is 4. The fourth-order valence-electron chi connectivity index (χ4n) is 4.99. The molecule has 0 saturated heterocycles. The zero-order valence-electron chi connectivity index (χ0n) is 33.8. The number of rotatable bonds is 11. The molecular formula is C38H69N7O7. The van der Waals surface area contributed by atoms with Gasteiger partial charge in [0.15, 0.2) is 0 Å². The lowest BCUT2D eigenvalue weighted by Crippen LogP contribution is -2.50. The van der Waals surface area contributed by atoms with Crippen LogP contribution in [0.1, 0.15) is 146 Å². The van der Waals surface area contributed by atoms with Gasteiger partial charge < -0.3 is 19.1 Å². The van der Waals surface area contributed by atoms with Crippen molar-refractivity contribution in [1.82, 2.24) is 25.8 Å². The average Bonchev–Trinajstić information content (AvgIpc) is 3.00. The minimum absolute atomic E-state index is 0.0797. The Bertz CT molecular complexity index is 1200. The van der Waals surface area contributed by atoms with Crippen LogP contribution in [-0.4, -0.2) is 95.6 Å². The number of guanidine groups is 2. The number of carbonyl (C=O) groups excluding carboxylic acids is 4. The maximum absolute atomic E-state index is 13.3. The summed E-state index contributed by atoms with van der Waals surface area (Å²) in [6.07, 6.45) is 13.2. The molecule has 1 aliphatic heterocycles. The average molecular weight is 736 g/mol. The lowest BCUT2D eigenvalue weighted by atomic mass is 10.1. The Morgan fingerprint density at radius 3 is 1.98 bits per heavy atom. The summed E-state index contributed by atoms with van der Waals surface area (Å²) < 4.78 is 16.4. The zero-order valence-corrected chi connectivity index (χ0v) is 33.8. The van der Waals surface area contributed by atoms with E-state index in [4.69, 9.17) is 14.2 Å². The Morgan fingerprint density at radius 2 is 1.37 bits per heavy atom. The monoisotopic (exact) mass is 736 g/mol. The smallest absolute Gasteiger partial charge is 0.417 e. The Hall–Kier alpha value is -3.84. The van der Waals surface area contributed by atoms with E-state index >= 15 is 0 Å². The van der Waals surface area contributed by atoms with Crippen molar-refractivity contribution in [2.45, 2.75) is 163 Å². The van der Waals surface area contributed by atoms with Crippen LogP contribution in [0.2, 0.25) is 0 Å². The molecule has 298 valence electrons. The third-order valence-corrected chi connectivity index (χ3v) is 7.34. The molecule has 1 heterocycles. The largest absolute Gasteiger partial charge is 0.444 e. The molecule has 14 heteroatoms. The molecule has 3 N–H and O–H groups in total. The highest BCUT2D eigenvalue weighted by Gasteiger charge is 2.28. The summed E-state index contributed by atoms with van der Waals surface area (Å²) >= 11 is 0. The van der Waals surface area contributed by atoms with Crippen LogP contribution in [0, 0.1) is 0 Å². The van der Waals surface area contributed by atoms with Crippen LogP contribution in [0.4, 0.5) is 19.2 Å². The second-order valence-electron chi connectivity index (χ2n) is 16.0. The van der Waals surface area contributed by atoms with Gasteiger partial charge >= 0.3 is 24.3 Å². The molecule has 0 spiro atoms. The molecule has 14 nitrogen and oxygen atoms in total. The number of hydrogen-bond donors (Lipinski definition) is 3. The number of amides is 5. The number of nitrogens with one attached hydrogen (secondary N) is 3. The molecule has 0 saturated carbocycles. The Balaban J connectivity index is 2.76. The van der Waals surface area contributed by atoms with E-state index in [2.05, 4.69) is 25.9 Å². The van der Waals surface area contributed by atoms with Gasteiger partial charge in [-0.15, -0.1) is 0 Å². The van der Waals surface area contributed by atoms with Gasteiger partial charge in [-0.25, -0.2) is 24.1 Å². The van der Waals surface area contributed by atoms with Gasteiger partial charge in [0.1, 0.15) is 16.8 Å². The molecule has 0 bridgehead atoms. The van der Waals surface area contributed by atoms with Crippen LogP contribution in [0.15, 0.2) is 22.1 Å². The predicted molar refractivity (Wildman–Crippen MR) is 207 cm³/mol. The minimum atomic E-state index is -0.730. The van der Waals surface area contributed by atoms with Crippen LogP contribution in [0.5, 0.6) is 0 Å². The number of allylic oxidation sites excluding steroid dienone is 1. The van der Waals surface area contributed by atoms with Crippen LogP contribution in [0.3, 0.4) is 0 Å². The molecule has 0 aromatic carbocycles. The number of ether oxygens (including phenoxy) is 3. The molecule has 1 aliphatic rings. The number of alkyl carbamates (subject to hydrolysis) is 2. The topological polar surface area (TPSA) is 163 Å². The van der Waals surface area contributed by atoms with Crippen molar-refractivity contribution in [2.24, 2.45) is 9.98 Å². The van der Waals surface area contributed by atoms with E-state index in [0.717, 1.165) is 77.0 Å². The van der Waals surface area contributed by atoms with Gasteiger partial charge in [0, 0.05) is 26.2 Å². The van der Waals surface area contributed by atoms with Crippen molar-refractivity contribution in [1.29, 1.82) is 0 Å². The summed E-state index contributed by atoms with van der Waals surface area (Å²) in [5.41, 5.74) is -2.13. The van der Waals surface area contributed by atoms with E-state index in [0.29, 0.717) is 26.2 Å². The molecule has 0 aromatic heterocycles. The summed E-state index contributed by atoms with van der Waals surface area (Å²) in [7, 11) is 0. The normalized spacial score (nSPS) is 15.7. The first-order valence-corrected chi connectivity index (χ1v) is 19.1. The Kier molecular flexibility index (Phi) is 21.0. The molecule has 0 radical (unpaired) electrons. The number of nitrogens with zero attached hydrogens (tertiary/aromatic N) is 4. The summed E-state index contributed by atoms with van der Waals surface area (Å²) in [5.74, 6) is 0.197. The van der Waals surface area contributed by atoms with E-state index < -0.39 is 35.1 Å². The second kappa shape index (κ2) is 23.7. The van der Waals surface area contributed by atoms with Crippen molar-refractivity contribution < 1.29 is 33.4 Å². The number of unbranched alkanes of at least 4 members (excludes halogenated alkanes) is 5. The fourth-order valence-corrected chi connectivity index (χ4v) is 4.99. The quantitative estimate of drug-likeness (QED) is 0.0632. The number of hydrogen-bond acceptors (Lipinski definition) is 9. The predicted octanol–water partition coefficient (Wildman–Crippen LogP) is 8.27. The molecule has 0 aliphatic carbocycles.